The fraction of sp³-hybridized carbons (Fsp3) is 0.174. The predicted octanol–water partition coefficient (Wildman–Crippen LogP) is 4.63. The number of rotatable bonds is 7. The zero-order valence-electron chi connectivity index (χ0n) is 18.3. The molecule has 0 saturated heterocycles. The van der Waals surface area contributed by atoms with E-state index in [0.29, 0.717) is 21.0 Å². The second kappa shape index (κ2) is 9.27. The van der Waals surface area contributed by atoms with Gasteiger partial charge in [-0.15, -0.1) is 0 Å². The van der Waals surface area contributed by atoms with E-state index in [0.717, 1.165) is 11.3 Å². The Morgan fingerprint density at radius 3 is 2.47 bits per heavy atom. The van der Waals surface area contributed by atoms with Crippen LogP contribution in [0.3, 0.4) is 0 Å². The van der Waals surface area contributed by atoms with Crippen molar-refractivity contribution in [3.05, 3.63) is 88.2 Å². The van der Waals surface area contributed by atoms with Gasteiger partial charge < -0.3 is 0 Å². The van der Waals surface area contributed by atoms with Gasteiger partial charge in [-0.2, -0.15) is 0 Å². The number of benzene rings is 2. The van der Waals surface area contributed by atoms with Gasteiger partial charge in [0.1, 0.15) is 0 Å². The summed E-state index contributed by atoms with van der Waals surface area (Å²) in [6.07, 6.45) is 1.62. The summed E-state index contributed by atoms with van der Waals surface area (Å²) in [7, 11) is -3.47. The van der Waals surface area contributed by atoms with Crippen molar-refractivity contribution in [2.75, 3.05) is 4.90 Å². The molecule has 4 aromatic rings. The molecular formula is C23H20N4O5S2. The smallest absolute Gasteiger partial charge is 0.270 e. The number of fused-ring (bicyclic) bond motifs is 1. The number of aromatic nitrogens is 2. The van der Waals surface area contributed by atoms with Crippen LogP contribution in [0.1, 0.15) is 29.9 Å². The maximum absolute atomic E-state index is 13.5. The Hall–Kier alpha value is -3.70. The van der Waals surface area contributed by atoms with E-state index in [1.807, 2.05) is 0 Å². The third kappa shape index (κ3) is 4.66. The van der Waals surface area contributed by atoms with E-state index in [9.17, 15) is 23.3 Å². The summed E-state index contributed by atoms with van der Waals surface area (Å²) in [5.74, 6) is -0.396. The van der Waals surface area contributed by atoms with Crippen LogP contribution in [-0.4, -0.2) is 34.5 Å². The molecule has 174 valence electrons. The number of nitro benzene ring substituents is 1. The monoisotopic (exact) mass is 496 g/mol. The van der Waals surface area contributed by atoms with E-state index >= 15 is 0 Å². The van der Waals surface area contributed by atoms with Crippen LogP contribution in [0, 0.1) is 10.1 Å². The Morgan fingerprint density at radius 1 is 1.12 bits per heavy atom. The fourth-order valence-electron chi connectivity index (χ4n) is 3.23. The summed E-state index contributed by atoms with van der Waals surface area (Å²) in [6.45, 7) is 3.31. The molecule has 2 aromatic heterocycles. The van der Waals surface area contributed by atoms with Crippen LogP contribution in [0.5, 0.6) is 0 Å². The highest BCUT2D eigenvalue weighted by Crippen LogP contribution is 2.33. The van der Waals surface area contributed by atoms with Crippen molar-refractivity contribution in [1.29, 1.82) is 0 Å². The minimum absolute atomic E-state index is 0.0627. The lowest BCUT2D eigenvalue weighted by Gasteiger charge is -2.20. The lowest BCUT2D eigenvalue weighted by Crippen LogP contribution is -2.30. The molecule has 0 spiro atoms. The highest BCUT2D eigenvalue weighted by atomic mass is 32.2. The molecule has 2 aromatic carbocycles. The number of thiazole rings is 1. The van der Waals surface area contributed by atoms with Gasteiger partial charge in [-0.3, -0.25) is 24.8 Å². The maximum Gasteiger partial charge on any atom is 0.270 e. The molecule has 2 heterocycles. The average Bonchev–Trinajstić information content (AvgIpc) is 3.26. The molecule has 0 unspecified atom stereocenters. The number of carbonyl (C=O) groups excluding carboxylic acids is 1. The molecule has 0 N–H and O–H groups in total. The van der Waals surface area contributed by atoms with Gasteiger partial charge in [-0.1, -0.05) is 17.4 Å². The molecule has 0 aliphatic carbocycles. The first-order valence-corrected chi connectivity index (χ1v) is 12.6. The minimum atomic E-state index is -3.47. The topological polar surface area (TPSA) is 123 Å². The number of non-ortho nitro benzene ring substituents is 1. The van der Waals surface area contributed by atoms with Gasteiger partial charge in [0.2, 0.25) is 0 Å². The summed E-state index contributed by atoms with van der Waals surface area (Å²) in [5.41, 5.74) is 1.37. The summed E-state index contributed by atoms with van der Waals surface area (Å²) in [4.78, 5) is 34.5. The third-order valence-electron chi connectivity index (χ3n) is 5.14. The normalized spacial score (nSPS) is 11.6. The number of hydrogen-bond donors (Lipinski definition) is 0. The second-order valence-electron chi connectivity index (χ2n) is 7.74. The largest absolute Gasteiger partial charge is 0.278 e. The molecule has 9 nitrogen and oxygen atoms in total. The molecule has 0 radical (unpaired) electrons. The maximum atomic E-state index is 13.5. The minimum Gasteiger partial charge on any atom is -0.278 e. The van der Waals surface area contributed by atoms with Crippen molar-refractivity contribution >= 4 is 48.1 Å². The molecule has 0 aliphatic rings. The first-order chi connectivity index (χ1) is 16.2. The van der Waals surface area contributed by atoms with Crippen LogP contribution < -0.4 is 4.90 Å². The molecule has 1 amide bonds. The highest BCUT2D eigenvalue weighted by molar-refractivity contribution is 7.92. The first kappa shape index (κ1) is 23.5. The zero-order valence-corrected chi connectivity index (χ0v) is 19.9. The molecule has 0 bridgehead atoms. The first-order valence-electron chi connectivity index (χ1n) is 10.3. The number of sulfone groups is 1. The molecule has 0 atom stereocenters. The molecular weight excluding hydrogens is 476 g/mol. The van der Waals surface area contributed by atoms with Crippen LogP contribution in [-0.2, 0) is 16.4 Å². The Bertz CT molecular complexity index is 1470. The highest BCUT2D eigenvalue weighted by Gasteiger charge is 2.24. The number of nitro groups is 1. The Kier molecular flexibility index (Phi) is 6.40. The van der Waals surface area contributed by atoms with Crippen molar-refractivity contribution in [2.45, 2.75) is 30.5 Å². The van der Waals surface area contributed by atoms with E-state index < -0.39 is 25.9 Å². The van der Waals surface area contributed by atoms with Gasteiger partial charge in [-0.25, -0.2) is 13.4 Å². The van der Waals surface area contributed by atoms with Crippen LogP contribution in [0.2, 0.25) is 0 Å². The SMILES string of the molecule is CC(C)S(=O)(=O)c1ccc(C(=O)N(Cc2ccccn2)c2nc3ccc([N+](=O)[O-])cc3s2)cc1. The number of amides is 1. The molecule has 34 heavy (non-hydrogen) atoms. The molecule has 11 heteroatoms. The second-order valence-corrected chi connectivity index (χ2v) is 11.2. The van der Waals surface area contributed by atoms with Crippen molar-refractivity contribution in [3.8, 4) is 0 Å². The van der Waals surface area contributed by atoms with Crippen molar-refractivity contribution in [2.24, 2.45) is 0 Å². The van der Waals surface area contributed by atoms with Gasteiger partial charge in [0.25, 0.3) is 11.6 Å². The average molecular weight is 497 g/mol. The fourth-order valence-corrected chi connectivity index (χ4v) is 5.28. The summed E-state index contributed by atoms with van der Waals surface area (Å²) >= 11 is 1.16. The summed E-state index contributed by atoms with van der Waals surface area (Å²) in [5, 5.41) is 10.9. The quantitative estimate of drug-likeness (QED) is 0.270. The Morgan fingerprint density at radius 2 is 1.85 bits per heavy atom. The van der Waals surface area contributed by atoms with Gasteiger partial charge >= 0.3 is 0 Å². The van der Waals surface area contributed by atoms with Crippen LogP contribution in [0.25, 0.3) is 10.2 Å². The molecule has 0 aliphatic heterocycles. The number of carbonyl (C=O) groups is 1. The van der Waals surface area contributed by atoms with Crippen molar-refractivity contribution in [3.63, 3.8) is 0 Å². The van der Waals surface area contributed by atoms with Crippen LogP contribution >= 0.6 is 11.3 Å². The van der Waals surface area contributed by atoms with E-state index in [2.05, 4.69) is 9.97 Å². The number of pyridine rings is 1. The lowest BCUT2D eigenvalue weighted by molar-refractivity contribution is -0.384. The van der Waals surface area contributed by atoms with Crippen molar-refractivity contribution < 1.29 is 18.1 Å². The zero-order chi connectivity index (χ0) is 24.5. The van der Waals surface area contributed by atoms with Crippen LogP contribution in [0.4, 0.5) is 10.8 Å². The number of anilines is 1. The Labute approximate surface area is 199 Å². The number of nitrogens with zero attached hydrogens (tertiary/aromatic N) is 4. The number of hydrogen-bond acceptors (Lipinski definition) is 8. The van der Waals surface area contributed by atoms with Gasteiger partial charge in [0.05, 0.1) is 37.5 Å². The van der Waals surface area contributed by atoms with E-state index in [1.54, 1.807) is 44.3 Å². The van der Waals surface area contributed by atoms with Gasteiger partial charge in [0.15, 0.2) is 15.0 Å². The standard InChI is InChI=1S/C23H20N4O5S2/c1-15(2)34(31,32)19-9-6-16(7-10-19)22(28)26(14-17-5-3-4-12-24-17)23-25-20-11-8-18(27(29)30)13-21(20)33-23/h3-13,15H,14H2,1-2H3. The third-order valence-corrected chi connectivity index (χ3v) is 8.36. The van der Waals surface area contributed by atoms with Gasteiger partial charge in [-0.05, 0) is 56.3 Å². The molecule has 0 saturated carbocycles. The Balaban J connectivity index is 1.74. The molecule has 0 fully saturated rings. The summed E-state index contributed by atoms with van der Waals surface area (Å²) < 4.78 is 25.4. The summed E-state index contributed by atoms with van der Waals surface area (Å²) in [6, 6.07) is 15.5. The predicted molar refractivity (Wildman–Crippen MR) is 130 cm³/mol. The van der Waals surface area contributed by atoms with Crippen molar-refractivity contribution in [1.82, 2.24) is 9.97 Å². The van der Waals surface area contributed by atoms with E-state index in [1.165, 1.54) is 41.3 Å². The lowest BCUT2D eigenvalue weighted by atomic mass is 10.2. The van der Waals surface area contributed by atoms with Crippen LogP contribution in [0.15, 0.2) is 71.8 Å². The molecule has 4 rings (SSSR count). The van der Waals surface area contributed by atoms with E-state index in [4.69, 9.17) is 0 Å². The van der Waals surface area contributed by atoms with E-state index in [-0.39, 0.29) is 22.7 Å². The van der Waals surface area contributed by atoms with Gasteiger partial charge in [0, 0.05) is 23.9 Å².